The monoisotopic (exact) mass is 433 g/mol. The Morgan fingerprint density at radius 3 is 2.04 bits per heavy atom. The van der Waals surface area contributed by atoms with Crippen LogP contribution in [0.25, 0.3) is 0 Å². The topological polar surface area (TPSA) is 20.3 Å². The molecule has 0 fully saturated rings. The fourth-order valence-corrected chi connectivity index (χ4v) is 4.81. The second kappa shape index (κ2) is 8.32. The first-order valence-electron chi connectivity index (χ1n) is 9.82. The van der Waals surface area contributed by atoms with Crippen LogP contribution in [0.1, 0.15) is 52.7 Å². The van der Waals surface area contributed by atoms with Gasteiger partial charge in [0.1, 0.15) is 0 Å². The lowest BCUT2D eigenvalue weighted by Crippen LogP contribution is -2.24. The molecule has 28 heavy (non-hydrogen) atoms. The van der Waals surface area contributed by atoms with Gasteiger partial charge in [0.2, 0.25) is 0 Å². The maximum absolute atomic E-state index is 12.7. The maximum atomic E-state index is 12.7. The van der Waals surface area contributed by atoms with Crippen molar-refractivity contribution in [1.29, 1.82) is 0 Å². The summed E-state index contributed by atoms with van der Waals surface area (Å²) in [6.07, 6.45) is 1.57. The summed E-state index contributed by atoms with van der Waals surface area (Å²) < 4.78 is 0.938. The van der Waals surface area contributed by atoms with Crippen molar-refractivity contribution in [3.63, 3.8) is 0 Å². The Bertz CT molecular complexity index is 927. The number of halogens is 1. The van der Waals surface area contributed by atoms with Gasteiger partial charge in [0.25, 0.3) is 0 Å². The molecule has 3 heteroatoms. The largest absolute Gasteiger partial charge is 0.362 e. The molecule has 1 atom stereocenters. The van der Waals surface area contributed by atoms with Crippen LogP contribution in [0, 0.1) is 0 Å². The van der Waals surface area contributed by atoms with Crippen LogP contribution in [-0.4, -0.2) is 5.78 Å². The van der Waals surface area contributed by atoms with Gasteiger partial charge in [-0.3, -0.25) is 4.79 Å². The highest BCUT2D eigenvalue weighted by atomic mass is 79.9. The van der Waals surface area contributed by atoms with Crippen LogP contribution in [0.15, 0.2) is 77.3 Å². The molecular weight excluding hydrogens is 410 g/mol. The molecule has 1 aliphatic rings. The van der Waals surface area contributed by atoms with E-state index in [0.717, 1.165) is 35.2 Å². The van der Waals surface area contributed by atoms with Crippen molar-refractivity contribution in [2.75, 3.05) is 4.90 Å². The van der Waals surface area contributed by atoms with Gasteiger partial charge in [0, 0.05) is 25.1 Å². The number of benzene rings is 3. The average molecular weight is 434 g/mol. The van der Waals surface area contributed by atoms with Crippen molar-refractivity contribution in [3.8, 4) is 0 Å². The van der Waals surface area contributed by atoms with Crippen LogP contribution in [0.3, 0.4) is 0 Å². The molecule has 0 saturated carbocycles. The number of carbonyl (C=O) groups is 1. The Morgan fingerprint density at radius 2 is 1.46 bits per heavy atom. The molecule has 142 valence electrons. The van der Waals surface area contributed by atoms with Crippen molar-refractivity contribution in [2.45, 2.75) is 38.8 Å². The predicted molar refractivity (Wildman–Crippen MR) is 119 cm³/mol. The fraction of sp³-hybridized carbons (Fsp3) is 0.240. The lowest BCUT2D eigenvalue weighted by atomic mass is 9.83. The molecule has 0 radical (unpaired) electrons. The smallest absolute Gasteiger partial charge is 0.164 e. The molecule has 0 aliphatic heterocycles. The van der Waals surface area contributed by atoms with Crippen molar-refractivity contribution in [2.24, 2.45) is 0 Å². The molecule has 0 heterocycles. The molecule has 0 bridgehead atoms. The summed E-state index contributed by atoms with van der Waals surface area (Å²) in [5, 5.41) is 0. The Kier molecular flexibility index (Phi) is 5.63. The van der Waals surface area contributed by atoms with E-state index in [1.165, 1.54) is 16.7 Å². The van der Waals surface area contributed by atoms with Gasteiger partial charge in [0.15, 0.2) is 5.78 Å². The lowest BCUT2D eigenvalue weighted by Gasteiger charge is -2.30. The van der Waals surface area contributed by atoms with E-state index in [2.05, 4.69) is 88.4 Å². The third kappa shape index (κ3) is 3.90. The zero-order valence-corrected chi connectivity index (χ0v) is 17.7. The third-order valence-electron chi connectivity index (χ3n) is 5.54. The minimum absolute atomic E-state index is 0.251. The molecule has 4 rings (SSSR count). The Morgan fingerprint density at radius 1 is 0.893 bits per heavy atom. The van der Waals surface area contributed by atoms with Gasteiger partial charge in [-0.25, -0.2) is 0 Å². The summed E-state index contributed by atoms with van der Waals surface area (Å²) in [6.45, 7) is 3.79. The van der Waals surface area contributed by atoms with Crippen LogP contribution in [0.5, 0.6) is 0 Å². The van der Waals surface area contributed by atoms with Gasteiger partial charge in [0.05, 0.1) is 10.2 Å². The van der Waals surface area contributed by atoms with E-state index >= 15 is 0 Å². The summed E-state index contributed by atoms with van der Waals surface area (Å²) in [5.41, 5.74) is 5.63. The molecule has 1 aliphatic carbocycles. The summed E-state index contributed by atoms with van der Waals surface area (Å²) >= 11 is 3.80. The van der Waals surface area contributed by atoms with Crippen LogP contribution >= 0.6 is 15.9 Å². The molecular formula is C25H24BrNO. The number of nitrogens with zero attached hydrogens (tertiary/aromatic N) is 1. The molecule has 0 unspecified atom stereocenters. The van der Waals surface area contributed by atoms with E-state index < -0.39 is 0 Å². The molecule has 2 nitrogen and oxygen atoms in total. The number of rotatable bonds is 5. The highest BCUT2D eigenvalue weighted by molar-refractivity contribution is 9.10. The van der Waals surface area contributed by atoms with E-state index in [0.29, 0.717) is 12.3 Å². The molecule has 0 saturated heterocycles. The van der Waals surface area contributed by atoms with Gasteiger partial charge in [-0.05, 0) is 51.0 Å². The number of fused-ring (bicyclic) bond motifs is 1. The standard InChI is InChI=1S/C25H24BrNO/c1-18-12-15-23(28)24-21(18)13-14-22(25(24)26)27(16-19-8-4-2-5-9-19)17-20-10-6-3-7-11-20/h2-11,13-14,18H,12,15-17H2,1H3/t18-/m0/s1. The van der Waals surface area contributed by atoms with Crippen LogP contribution < -0.4 is 4.90 Å². The minimum atomic E-state index is 0.251. The first-order chi connectivity index (χ1) is 13.6. The zero-order chi connectivity index (χ0) is 19.5. The summed E-state index contributed by atoms with van der Waals surface area (Å²) in [7, 11) is 0. The van der Waals surface area contributed by atoms with E-state index in [9.17, 15) is 4.79 Å². The highest BCUT2D eigenvalue weighted by Gasteiger charge is 2.27. The van der Waals surface area contributed by atoms with Crippen LogP contribution in [0.4, 0.5) is 5.69 Å². The summed E-state index contributed by atoms with van der Waals surface area (Å²) in [6, 6.07) is 25.3. The number of carbonyl (C=O) groups excluding carboxylic acids is 1. The van der Waals surface area contributed by atoms with Gasteiger partial charge in [-0.1, -0.05) is 73.7 Å². The van der Waals surface area contributed by atoms with Gasteiger partial charge in [-0.2, -0.15) is 0 Å². The Hall–Kier alpha value is -2.39. The number of Topliss-reactive ketones (excluding diaryl/α,β-unsaturated/α-hetero) is 1. The van der Waals surface area contributed by atoms with E-state index in [-0.39, 0.29) is 5.78 Å². The third-order valence-corrected chi connectivity index (χ3v) is 6.34. The normalized spacial score (nSPS) is 15.9. The quantitative estimate of drug-likeness (QED) is 0.444. The lowest BCUT2D eigenvalue weighted by molar-refractivity contribution is 0.0967. The van der Waals surface area contributed by atoms with Crippen molar-refractivity contribution >= 4 is 27.4 Å². The zero-order valence-electron chi connectivity index (χ0n) is 16.1. The van der Waals surface area contributed by atoms with E-state index in [1.807, 2.05) is 12.1 Å². The fourth-order valence-electron chi connectivity index (χ4n) is 3.98. The van der Waals surface area contributed by atoms with Crippen molar-refractivity contribution in [1.82, 2.24) is 0 Å². The Labute approximate surface area is 175 Å². The van der Waals surface area contributed by atoms with Crippen LogP contribution in [-0.2, 0) is 13.1 Å². The second-order valence-electron chi connectivity index (χ2n) is 7.55. The van der Waals surface area contributed by atoms with E-state index in [4.69, 9.17) is 0 Å². The minimum Gasteiger partial charge on any atom is -0.362 e. The predicted octanol–water partition coefficient (Wildman–Crippen LogP) is 6.74. The van der Waals surface area contributed by atoms with Crippen molar-refractivity contribution < 1.29 is 4.79 Å². The molecule has 0 amide bonds. The number of ketones is 1. The maximum Gasteiger partial charge on any atom is 0.164 e. The first-order valence-corrected chi connectivity index (χ1v) is 10.6. The second-order valence-corrected chi connectivity index (χ2v) is 8.35. The molecule has 0 aromatic heterocycles. The molecule has 3 aromatic rings. The van der Waals surface area contributed by atoms with Crippen molar-refractivity contribution in [3.05, 3.63) is 99.5 Å². The van der Waals surface area contributed by atoms with Gasteiger partial charge >= 0.3 is 0 Å². The van der Waals surface area contributed by atoms with Crippen LogP contribution in [0.2, 0.25) is 0 Å². The number of hydrogen-bond donors (Lipinski definition) is 0. The number of hydrogen-bond acceptors (Lipinski definition) is 2. The Balaban J connectivity index is 1.75. The van der Waals surface area contributed by atoms with Gasteiger partial charge < -0.3 is 4.90 Å². The van der Waals surface area contributed by atoms with E-state index in [1.54, 1.807) is 0 Å². The molecule has 0 spiro atoms. The summed E-state index contributed by atoms with van der Waals surface area (Å²) in [5.74, 6) is 0.677. The summed E-state index contributed by atoms with van der Waals surface area (Å²) in [4.78, 5) is 15.0. The molecule has 0 N–H and O–H groups in total. The SMILES string of the molecule is C[C@H]1CCC(=O)c2c1ccc(N(Cc1ccccc1)Cc1ccccc1)c2Br. The number of anilines is 1. The molecule has 3 aromatic carbocycles. The first kappa shape index (κ1) is 18.9. The average Bonchev–Trinajstić information content (AvgIpc) is 2.72. The van der Waals surface area contributed by atoms with Gasteiger partial charge in [-0.15, -0.1) is 0 Å². The highest BCUT2D eigenvalue weighted by Crippen LogP contribution is 2.40.